The second-order valence-electron chi connectivity index (χ2n) is 14.7. The standard InChI is InChI=1S/C46H57N2O2P/c1-36(2)30-43(47(32-38-20-10-5-11-21-38)33-39-22-12-6-13-23-39)45(49)51(42-28-18-9-19-29-42)46(50)44(31-37(3)4)48(34-40-24-14-7-15-25-40)35-41-26-16-8-17-27-41/h5-29,36-37,43-46,49-50H,30-35H2,1-4H3/t43-,44-,45-,46-/m0/s1. The smallest absolute Gasteiger partial charge is 0.0952 e. The summed E-state index contributed by atoms with van der Waals surface area (Å²) in [6.07, 6.45) is 1.62. The lowest BCUT2D eigenvalue weighted by atomic mass is 10.0. The van der Waals surface area contributed by atoms with E-state index in [1.165, 1.54) is 22.3 Å². The lowest BCUT2D eigenvalue weighted by Crippen LogP contribution is -2.49. The number of nitrogens with zero attached hydrogens (tertiary/aromatic N) is 2. The maximum atomic E-state index is 13.0. The summed E-state index contributed by atoms with van der Waals surface area (Å²) in [4.78, 5) is 4.92. The van der Waals surface area contributed by atoms with Crippen molar-refractivity contribution in [3.63, 3.8) is 0 Å². The van der Waals surface area contributed by atoms with Crippen LogP contribution in [0, 0.1) is 11.8 Å². The van der Waals surface area contributed by atoms with E-state index in [4.69, 9.17) is 0 Å². The van der Waals surface area contributed by atoms with E-state index in [2.05, 4.69) is 183 Å². The quantitative estimate of drug-likeness (QED) is 0.0843. The summed E-state index contributed by atoms with van der Waals surface area (Å²) in [5, 5.41) is 27.1. The molecule has 0 saturated carbocycles. The Labute approximate surface area is 308 Å². The number of aliphatic hydroxyl groups excluding tert-OH is 2. The molecule has 268 valence electrons. The van der Waals surface area contributed by atoms with Gasteiger partial charge in [0.15, 0.2) is 0 Å². The van der Waals surface area contributed by atoms with E-state index in [0.29, 0.717) is 38.0 Å². The van der Waals surface area contributed by atoms with Crippen LogP contribution in [0.1, 0.15) is 62.8 Å². The van der Waals surface area contributed by atoms with Crippen LogP contribution < -0.4 is 5.30 Å². The molecule has 5 heteroatoms. The molecule has 0 unspecified atom stereocenters. The molecule has 0 spiro atoms. The van der Waals surface area contributed by atoms with Crippen LogP contribution in [0.2, 0.25) is 0 Å². The first-order valence-electron chi connectivity index (χ1n) is 18.6. The highest BCUT2D eigenvalue weighted by Gasteiger charge is 2.41. The number of benzene rings is 5. The number of rotatable bonds is 19. The molecule has 4 atom stereocenters. The molecule has 0 radical (unpaired) electrons. The zero-order valence-corrected chi connectivity index (χ0v) is 31.8. The molecule has 4 nitrogen and oxygen atoms in total. The van der Waals surface area contributed by atoms with Gasteiger partial charge in [-0.3, -0.25) is 9.80 Å². The third-order valence-corrected chi connectivity index (χ3v) is 12.3. The van der Waals surface area contributed by atoms with Crippen LogP contribution >= 0.6 is 7.92 Å². The van der Waals surface area contributed by atoms with Crippen molar-refractivity contribution < 1.29 is 10.2 Å². The molecule has 2 N–H and O–H groups in total. The molecule has 0 aliphatic carbocycles. The predicted molar refractivity (Wildman–Crippen MR) is 216 cm³/mol. The molecule has 0 aliphatic rings. The molecular formula is C46H57N2O2P. The Kier molecular flexibility index (Phi) is 15.0. The van der Waals surface area contributed by atoms with Crippen molar-refractivity contribution in [2.45, 2.75) is 90.5 Å². The monoisotopic (exact) mass is 700 g/mol. The van der Waals surface area contributed by atoms with Crippen LogP contribution in [0.15, 0.2) is 152 Å². The summed E-state index contributed by atoms with van der Waals surface area (Å²) >= 11 is 0. The molecule has 0 fully saturated rings. The highest BCUT2D eigenvalue weighted by molar-refractivity contribution is 7.66. The fourth-order valence-electron chi connectivity index (χ4n) is 7.17. The maximum Gasteiger partial charge on any atom is 0.0952 e. The fourth-order valence-corrected chi connectivity index (χ4v) is 9.97. The van der Waals surface area contributed by atoms with Gasteiger partial charge in [-0.2, -0.15) is 0 Å². The molecular weight excluding hydrogens is 643 g/mol. The van der Waals surface area contributed by atoms with E-state index in [1.807, 2.05) is 6.07 Å². The van der Waals surface area contributed by atoms with E-state index in [0.717, 1.165) is 18.1 Å². The molecule has 0 heterocycles. The summed E-state index contributed by atoms with van der Waals surface area (Å²) in [7, 11) is -1.45. The minimum absolute atomic E-state index is 0.178. The SMILES string of the molecule is CC(C)C[C@@H]([C@@H](O)P(c1ccccc1)[C@H](O)[C@H](CC(C)C)N(Cc1ccccc1)Cc1ccccc1)N(Cc1ccccc1)Cc1ccccc1. The third kappa shape index (κ3) is 11.7. The van der Waals surface area contributed by atoms with Gasteiger partial charge in [-0.15, -0.1) is 0 Å². The first-order valence-corrected chi connectivity index (χ1v) is 20.1. The molecule has 0 aromatic heterocycles. The van der Waals surface area contributed by atoms with Gasteiger partial charge in [-0.05, 0) is 60.2 Å². The Morgan fingerprint density at radius 2 is 0.667 bits per heavy atom. The van der Waals surface area contributed by atoms with E-state index in [9.17, 15) is 10.2 Å². The van der Waals surface area contributed by atoms with Crippen molar-refractivity contribution in [3.05, 3.63) is 174 Å². The topological polar surface area (TPSA) is 46.9 Å². The van der Waals surface area contributed by atoms with Crippen LogP contribution in [-0.2, 0) is 26.2 Å². The Bertz CT molecular complexity index is 1470. The fraction of sp³-hybridized carbons (Fsp3) is 0.348. The Hall–Kier alpha value is -3.63. The zero-order chi connectivity index (χ0) is 36.0. The summed E-state index contributed by atoms with van der Waals surface area (Å²) in [6.45, 7) is 11.8. The molecule has 0 saturated heterocycles. The van der Waals surface area contributed by atoms with E-state index in [1.54, 1.807) is 0 Å². The van der Waals surface area contributed by atoms with Gasteiger partial charge in [0.05, 0.1) is 11.7 Å². The van der Waals surface area contributed by atoms with Crippen LogP contribution in [0.5, 0.6) is 0 Å². The largest absolute Gasteiger partial charge is 0.387 e. The van der Waals surface area contributed by atoms with Crippen LogP contribution in [-0.4, -0.2) is 43.8 Å². The normalized spacial score (nSPS) is 14.3. The summed E-state index contributed by atoms with van der Waals surface area (Å²) in [5.41, 5.74) is 4.87. The average molecular weight is 701 g/mol. The zero-order valence-electron chi connectivity index (χ0n) is 30.9. The molecule has 0 amide bonds. The van der Waals surface area contributed by atoms with Gasteiger partial charge in [0.25, 0.3) is 0 Å². The van der Waals surface area contributed by atoms with Gasteiger partial charge in [0.1, 0.15) is 0 Å². The molecule has 5 aromatic rings. The lowest BCUT2D eigenvalue weighted by molar-refractivity contribution is 0.0542. The van der Waals surface area contributed by atoms with Gasteiger partial charge in [0, 0.05) is 38.3 Å². The molecule has 5 rings (SSSR count). The van der Waals surface area contributed by atoms with Gasteiger partial charge >= 0.3 is 0 Å². The first-order chi connectivity index (χ1) is 24.8. The molecule has 51 heavy (non-hydrogen) atoms. The second kappa shape index (κ2) is 19.8. The van der Waals surface area contributed by atoms with Gasteiger partial charge in [-0.25, -0.2) is 0 Å². The van der Waals surface area contributed by atoms with Crippen LogP contribution in [0.25, 0.3) is 0 Å². The average Bonchev–Trinajstić information content (AvgIpc) is 3.14. The Balaban J connectivity index is 1.59. The van der Waals surface area contributed by atoms with Crippen molar-refractivity contribution in [1.29, 1.82) is 0 Å². The van der Waals surface area contributed by atoms with Gasteiger partial charge < -0.3 is 10.2 Å². The molecule has 0 aliphatic heterocycles. The van der Waals surface area contributed by atoms with Crippen molar-refractivity contribution in [2.75, 3.05) is 0 Å². The Morgan fingerprint density at radius 3 is 0.922 bits per heavy atom. The van der Waals surface area contributed by atoms with Crippen molar-refractivity contribution in [1.82, 2.24) is 9.80 Å². The predicted octanol–water partition coefficient (Wildman–Crippen LogP) is 9.66. The molecule has 0 bridgehead atoms. The number of aliphatic hydroxyl groups is 2. The summed E-state index contributed by atoms with van der Waals surface area (Å²) in [6, 6.07) is 52.4. The van der Waals surface area contributed by atoms with E-state index < -0.39 is 19.6 Å². The van der Waals surface area contributed by atoms with Crippen molar-refractivity contribution in [2.24, 2.45) is 11.8 Å². The number of hydrogen-bond donors (Lipinski definition) is 2. The summed E-state index contributed by atoms with van der Waals surface area (Å²) < 4.78 is 0. The van der Waals surface area contributed by atoms with Crippen LogP contribution in [0.3, 0.4) is 0 Å². The van der Waals surface area contributed by atoms with Crippen molar-refractivity contribution >= 4 is 13.2 Å². The highest BCUT2D eigenvalue weighted by atomic mass is 31.1. The van der Waals surface area contributed by atoms with Gasteiger partial charge in [0.2, 0.25) is 0 Å². The van der Waals surface area contributed by atoms with Crippen LogP contribution in [0.4, 0.5) is 0 Å². The van der Waals surface area contributed by atoms with E-state index in [-0.39, 0.29) is 12.1 Å². The second-order valence-corrected chi connectivity index (χ2v) is 17.1. The third-order valence-electron chi connectivity index (χ3n) is 9.59. The minimum atomic E-state index is -1.45. The Morgan fingerprint density at radius 1 is 0.412 bits per heavy atom. The highest BCUT2D eigenvalue weighted by Crippen LogP contribution is 2.50. The van der Waals surface area contributed by atoms with Gasteiger partial charge in [-0.1, -0.05) is 179 Å². The molecule has 5 aromatic carbocycles. The summed E-state index contributed by atoms with van der Waals surface area (Å²) in [5.74, 6) is -0.834. The minimum Gasteiger partial charge on any atom is -0.387 e. The lowest BCUT2D eigenvalue weighted by Gasteiger charge is -2.44. The van der Waals surface area contributed by atoms with Crippen molar-refractivity contribution in [3.8, 4) is 0 Å². The maximum absolute atomic E-state index is 13.0. The van der Waals surface area contributed by atoms with E-state index >= 15 is 0 Å². The number of hydrogen-bond acceptors (Lipinski definition) is 4. The first kappa shape index (κ1) is 38.6.